The van der Waals surface area contributed by atoms with Crippen LogP contribution in [0.2, 0.25) is 5.02 Å². The van der Waals surface area contributed by atoms with Crippen LogP contribution in [0.15, 0.2) is 54.7 Å². The number of carbonyl (C=O) groups is 3. The molecule has 7 nitrogen and oxygen atoms in total. The lowest BCUT2D eigenvalue weighted by atomic mass is 9.78. The number of nitrogens with one attached hydrogen (secondary N) is 2. The Morgan fingerprint density at radius 1 is 1.15 bits per heavy atom. The molecule has 6 rings (SSSR count). The molecule has 2 N–H and O–H groups in total. The lowest BCUT2D eigenvalue weighted by Crippen LogP contribution is -2.50. The van der Waals surface area contributed by atoms with Gasteiger partial charge >= 0.3 is 0 Å². The van der Waals surface area contributed by atoms with Crippen LogP contribution in [0.3, 0.4) is 0 Å². The molecule has 200 valence electrons. The molecule has 2 aliphatic heterocycles. The number of carbonyl (C=O) groups excluding carboxylic acids is 3. The van der Waals surface area contributed by atoms with Crippen LogP contribution in [0.5, 0.6) is 0 Å². The molecule has 2 aromatic carbocycles. The van der Waals surface area contributed by atoms with Crippen LogP contribution >= 0.6 is 11.6 Å². The molecule has 3 amide bonds. The Morgan fingerprint density at radius 3 is 2.74 bits per heavy atom. The molecule has 1 aliphatic carbocycles. The molecule has 0 unspecified atom stereocenters. The molecule has 0 bridgehead atoms. The van der Waals surface area contributed by atoms with Gasteiger partial charge in [-0.3, -0.25) is 14.4 Å². The second-order valence-electron chi connectivity index (χ2n) is 11.4. The molecule has 1 spiro atoms. The van der Waals surface area contributed by atoms with E-state index in [0.717, 1.165) is 16.7 Å². The summed E-state index contributed by atoms with van der Waals surface area (Å²) in [6, 6.07) is 13.2. The quantitative estimate of drug-likeness (QED) is 0.471. The average Bonchev–Trinajstić information content (AvgIpc) is 3.38. The van der Waals surface area contributed by atoms with Crippen molar-refractivity contribution < 1.29 is 18.8 Å². The zero-order chi connectivity index (χ0) is 27.5. The first-order valence-electron chi connectivity index (χ1n) is 13.0. The van der Waals surface area contributed by atoms with Crippen molar-refractivity contribution in [3.05, 3.63) is 87.8 Å². The van der Waals surface area contributed by atoms with Gasteiger partial charge in [0.15, 0.2) is 0 Å². The molecule has 1 saturated heterocycles. The van der Waals surface area contributed by atoms with Gasteiger partial charge < -0.3 is 15.5 Å². The number of rotatable bonds is 4. The van der Waals surface area contributed by atoms with Crippen molar-refractivity contribution in [3.63, 3.8) is 0 Å². The minimum absolute atomic E-state index is 0.0623. The lowest BCUT2D eigenvalue weighted by molar-refractivity contribution is -0.150. The molecule has 1 aromatic heterocycles. The Bertz CT molecular complexity index is 1520. The van der Waals surface area contributed by atoms with Crippen molar-refractivity contribution in [3.8, 4) is 0 Å². The van der Waals surface area contributed by atoms with Gasteiger partial charge in [0.25, 0.3) is 0 Å². The standard InChI is InChI=1S/C30H28ClFN4O3/c1-29(2)8-7-24(18-10-20(31)13-21(32)11-18)36(28(29)39)16-25(37)34-22-6-5-17-14-30(15-19(17)12-22)23-4-3-9-33-26(23)35-27(30)38/h3-6,9-13,24H,7-8,14-16H2,1-2H3,(H,34,37)(H,33,35,38)/t24-,30+/m0/s1. The number of benzene rings is 2. The maximum absolute atomic E-state index is 14.1. The van der Waals surface area contributed by atoms with Crippen LogP contribution in [0.1, 0.15) is 55.0 Å². The lowest BCUT2D eigenvalue weighted by Gasteiger charge is -2.43. The van der Waals surface area contributed by atoms with Gasteiger partial charge in [0.1, 0.15) is 18.2 Å². The molecule has 0 saturated carbocycles. The first-order chi connectivity index (χ1) is 18.6. The number of nitrogens with zero attached hydrogens (tertiary/aromatic N) is 2. The molecule has 1 fully saturated rings. The van der Waals surface area contributed by atoms with Crippen LogP contribution in [0, 0.1) is 11.2 Å². The van der Waals surface area contributed by atoms with E-state index < -0.39 is 22.7 Å². The van der Waals surface area contributed by atoms with Crippen LogP contribution in [-0.4, -0.2) is 34.2 Å². The Labute approximate surface area is 230 Å². The number of likely N-dealkylation sites (tertiary alicyclic amines) is 1. The highest BCUT2D eigenvalue weighted by atomic mass is 35.5. The van der Waals surface area contributed by atoms with Gasteiger partial charge in [0, 0.05) is 27.9 Å². The third-order valence-electron chi connectivity index (χ3n) is 8.31. The van der Waals surface area contributed by atoms with E-state index in [1.807, 2.05) is 44.2 Å². The van der Waals surface area contributed by atoms with E-state index in [2.05, 4.69) is 15.6 Å². The fourth-order valence-corrected chi connectivity index (χ4v) is 6.52. The number of anilines is 2. The van der Waals surface area contributed by atoms with Gasteiger partial charge in [0.2, 0.25) is 17.7 Å². The second-order valence-corrected chi connectivity index (χ2v) is 11.8. The van der Waals surface area contributed by atoms with Crippen molar-refractivity contribution in [2.24, 2.45) is 5.41 Å². The van der Waals surface area contributed by atoms with E-state index in [4.69, 9.17) is 11.6 Å². The van der Waals surface area contributed by atoms with Crippen LogP contribution in [0.25, 0.3) is 0 Å². The van der Waals surface area contributed by atoms with Crippen LogP contribution in [0.4, 0.5) is 15.9 Å². The third-order valence-corrected chi connectivity index (χ3v) is 8.52. The van der Waals surface area contributed by atoms with Gasteiger partial charge in [-0.25, -0.2) is 9.37 Å². The van der Waals surface area contributed by atoms with Crippen molar-refractivity contribution in [2.75, 3.05) is 17.2 Å². The van der Waals surface area contributed by atoms with E-state index >= 15 is 0 Å². The van der Waals surface area contributed by atoms with Gasteiger partial charge in [0.05, 0.1) is 11.5 Å². The van der Waals surface area contributed by atoms with E-state index in [1.165, 1.54) is 17.0 Å². The first kappa shape index (κ1) is 25.5. The fraction of sp³-hybridized carbons (Fsp3) is 0.333. The van der Waals surface area contributed by atoms with Gasteiger partial charge in [-0.05, 0) is 78.8 Å². The molecular formula is C30H28ClFN4O3. The summed E-state index contributed by atoms with van der Waals surface area (Å²) in [6.07, 6.45) is 3.94. The second kappa shape index (κ2) is 9.16. The molecule has 3 heterocycles. The summed E-state index contributed by atoms with van der Waals surface area (Å²) in [6.45, 7) is 3.54. The van der Waals surface area contributed by atoms with Crippen molar-refractivity contribution >= 4 is 40.8 Å². The van der Waals surface area contributed by atoms with E-state index in [9.17, 15) is 18.8 Å². The number of aromatic nitrogens is 1. The summed E-state index contributed by atoms with van der Waals surface area (Å²) >= 11 is 6.10. The number of fused-ring (bicyclic) bond motifs is 3. The first-order valence-corrected chi connectivity index (χ1v) is 13.4. The van der Waals surface area contributed by atoms with Crippen molar-refractivity contribution in [1.82, 2.24) is 9.88 Å². The number of halogens is 2. The van der Waals surface area contributed by atoms with Gasteiger partial charge in [-0.15, -0.1) is 0 Å². The van der Waals surface area contributed by atoms with Crippen molar-refractivity contribution in [1.29, 1.82) is 0 Å². The number of pyridine rings is 1. The summed E-state index contributed by atoms with van der Waals surface area (Å²) < 4.78 is 14.1. The predicted octanol–water partition coefficient (Wildman–Crippen LogP) is 5.19. The van der Waals surface area contributed by atoms with Crippen molar-refractivity contribution in [2.45, 2.75) is 51.0 Å². The maximum Gasteiger partial charge on any atom is 0.244 e. The third kappa shape index (κ3) is 4.36. The highest BCUT2D eigenvalue weighted by Gasteiger charge is 2.51. The molecule has 0 radical (unpaired) electrons. The summed E-state index contributed by atoms with van der Waals surface area (Å²) in [4.78, 5) is 45.5. The Balaban J connectivity index is 1.22. The highest BCUT2D eigenvalue weighted by Crippen LogP contribution is 2.47. The van der Waals surface area contributed by atoms with Crippen LogP contribution < -0.4 is 10.6 Å². The molecule has 3 aromatic rings. The highest BCUT2D eigenvalue weighted by molar-refractivity contribution is 6.30. The smallest absolute Gasteiger partial charge is 0.244 e. The van der Waals surface area contributed by atoms with E-state index in [1.54, 1.807) is 12.3 Å². The SMILES string of the molecule is CC1(C)CC[C@@H](c2cc(F)cc(Cl)c2)N(CC(=O)Nc2ccc3c(c2)C[C@@]2(C3)C(=O)Nc3ncccc32)C1=O. The summed E-state index contributed by atoms with van der Waals surface area (Å²) in [7, 11) is 0. The summed E-state index contributed by atoms with van der Waals surface area (Å²) in [5.41, 5.74) is 2.77. The summed E-state index contributed by atoms with van der Waals surface area (Å²) in [5.74, 6) is -0.455. The fourth-order valence-electron chi connectivity index (χ4n) is 6.29. The Kier molecular flexibility index (Phi) is 5.99. The Hall–Kier alpha value is -3.78. The van der Waals surface area contributed by atoms with E-state index in [0.29, 0.717) is 42.8 Å². The maximum atomic E-state index is 14.1. The molecule has 2 atom stereocenters. The van der Waals surface area contributed by atoms with Crippen LogP contribution in [-0.2, 0) is 32.6 Å². The molecule has 3 aliphatic rings. The summed E-state index contributed by atoms with van der Waals surface area (Å²) in [5, 5.41) is 6.08. The normalized spacial score (nSPS) is 23.0. The van der Waals surface area contributed by atoms with E-state index in [-0.39, 0.29) is 29.3 Å². The van der Waals surface area contributed by atoms with Gasteiger partial charge in [-0.2, -0.15) is 0 Å². The zero-order valence-corrected chi connectivity index (χ0v) is 22.4. The number of piperidine rings is 1. The minimum atomic E-state index is -0.695. The largest absolute Gasteiger partial charge is 0.326 e. The molecule has 9 heteroatoms. The minimum Gasteiger partial charge on any atom is -0.326 e. The zero-order valence-electron chi connectivity index (χ0n) is 21.7. The topological polar surface area (TPSA) is 91.4 Å². The van der Waals surface area contributed by atoms with Gasteiger partial charge in [-0.1, -0.05) is 37.6 Å². The Morgan fingerprint density at radius 2 is 1.95 bits per heavy atom. The number of hydrogen-bond donors (Lipinski definition) is 2. The predicted molar refractivity (Wildman–Crippen MR) is 146 cm³/mol. The monoisotopic (exact) mass is 546 g/mol. The molecular weight excluding hydrogens is 519 g/mol. The number of amides is 3. The average molecular weight is 547 g/mol. The molecule has 39 heavy (non-hydrogen) atoms. The number of hydrogen-bond acceptors (Lipinski definition) is 4.